The van der Waals surface area contributed by atoms with Crippen LogP contribution in [0, 0.1) is 0 Å². The van der Waals surface area contributed by atoms with Gasteiger partial charge in [-0.2, -0.15) is 0 Å². The van der Waals surface area contributed by atoms with Gasteiger partial charge in [0.25, 0.3) is 0 Å². The topological polar surface area (TPSA) is 3.24 Å². The molecule has 1 atom stereocenters. The van der Waals surface area contributed by atoms with Gasteiger partial charge < -0.3 is 0 Å². The Kier molecular flexibility index (Phi) is 4.79. The molecule has 0 aromatic rings. The van der Waals surface area contributed by atoms with E-state index in [0.717, 1.165) is 12.1 Å². The Morgan fingerprint density at radius 3 is 2.23 bits per heavy atom. The zero-order valence-electron chi connectivity index (χ0n) is 9.55. The maximum Gasteiger partial charge on any atom is 0.00979 e. The summed E-state index contributed by atoms with van der Waals surface area (Å²) in [7, 11) is 0. The molecule has 1 saturated carbocycles. The van der Waals surface area contributed by atoms with Gasteiger partial charge in [0, 0.05) is 12.1 Å². The molecule has 13 heavy (non-hydrogen) atoms. The molecule has 0 aromatic carbocycles. The highest BCUT2D eigenvalue weighted by molar-refractivity contribution is 4.78. The minimum atomic E-state index is 0.785. The molecule has 0 radical (unpaired) electrons. The maximum absolute atomic E-state index is 2.71. The third-order valence-electron chi connectivity index (χ3n) is 3.57. The Hall–Kier alpha value is -0.0400. The van der Waals surface area contributed by atoms with E-state index in [-0.39, 0.29) is 0 Å². The van der Waals surface area contributed by atoms with Crippen molar-refractivity contribution in [3.8, 4) is 0 Å². The average molecular weight is 183 g/mol. The van der Waals surface area contributed by atoms with E-state index in [2.05, 4.69) is 25.7 Å². The molecule has 1 aliphatic carbocycles. The molecule has 1 aliphatic rings. The second-order valence-electron chi connectivity index (χ2n) is 4.38. The van der Waals surface area contributed by atoms with Crippen LogP contribution < -0.4 is 0 Å². The van der Waals surface area contributed by atoms with E-state index in [1.165, 1.54) is 45.1 Å². The van der Waals surface area contributed by atoms with E-state index in [1.807, 2.05) is 0 Å². The Morgan fingerprint density at radius 2 is 1.77 bits per heavy atom. The Balaban J connectivity index is 2.43. The Morgan fingerprint density at radius 1 is 1.15 bits per heavy atom. The van der Waals surface area contributed by atoms with Crippen LogP contribution in [0.25, 0.3) is 0 Å². The molecule has 0 saturated heterocycles. The van der Waals surface area contributed by atoms with Gasteiger partial charge in [-0.3, -0.25) is 4.90 Å². The highest BCUT2D eigenvalue weighted by Gasteiger charge is 2.22. The van der Waals surface area contributed by atoms with Gasteiger partial charge in [0.2, 0.25) is 0 Å². The minimum absolute atomic E-state index is 0.785. The van der Waals surface area contributed by atoms with E-state index >= 15 is 0 Å². The lowest BCUT2D eigenvalue weighted by atomic mass is 9.93. The quantitative estimate of drug-likeness (QED) is 0.645. The summed E-state index contributed by atoms with van der Waals surface area (Å²) in [5, 5.41) is 0. The minimum Gasteiger partial charge on any atom is -0.298 e. The second-order valence-corrected chi connectivity index (χ2v) is 4.38. The van der Waals surface area contributed by atoms with E-state index in [1.54, 1.807) is 0 Å². The van der Waals surface area contributed by atoms with Crippen molar-refractivity contribution in [3.63, 3.8) is 0 Å². The summed E-state index contributed by atoms with van der Waals surface area (Å²) < 4.78 is 0. The van der Waals surface area contributed by atoms with Gasteiger partial charge in [0.1, 0.15) is 0 Å². The van der Waals surface area contributed by atoms with Gasteiger partial charge in [-0.25, -0.2) is 0 Å². The molecule has 0 spiro atoms. The molecular weight excluding hydrogens is 158 g/mol. The van der Waals surface area contributed by atoms with Crippen molar-refractivity contribution < 1.29 is 0 Å². The molecule has 1 nitrogen and oxygen atoms in total. The maximum atomic E-state index is 2.71. The molecule has 0 amide bonds. The van der Waals surface area contributed by atoms with Crippen molar-refractivity contribution in [3.05, 3.63) is 0 Å². The van der Waals surface area contributed by atoms with Crippen molar-refractivity contribution in [2.24, 2.45) is 0 Å². The molecule has 0 heterocycles. The van der Waals surface area contributed by atoms with Crippen LogP contribution in [0.5, 0.6) is 0 Å². The molecule has 0 N–H and O–H groups in total. The molecule has 0 aliphatic heterocycles. The van der Waals surface area contributed by atoms with E-state index in [4.69, 9.17) is 0 Å². The van der Waals surface area contributed by atoms with Crippen LogP contribution in [0.1, 0.15) is 59.3 Å². The fraction of sp³-hybridized carbons (Fsp3) is 1.00. The van der Waals surface area contributed by atoms with Crippen LogP contribution in [-0.2, 0) is 0 Å². The lowest BCUT2D eigenvalue weighted by molar-refractivity contribution is 0.116. The van der Waals surface area contributed by atoms with Crippen LogP contribution >= 0.6 is 0 Å². The molecule has 1 fully saturated rings. The lowest BCUT2D eigenvalue weighted by Gasteiger charge is -2.37. The van der Waals surface area contributed by atoms with E-state index in [0.29, 0.717) is 0 Å². The molecule has 78 valence electrons. The zero-order valence-corrected chi connectivity index (χ0v) is 9.55. The zero-order chi connectivity index (χ0) is 9.68. The van der Waals surface area contributed by atoms with Gasteiger partial charge in [-0.05, 0) is 32.7 Å². The molecule has 1 unspecified atom stereocenters. The first-order valence-corrected chi connectivity index (χ1v) is 6.05. The van der Waals surface area contributed by atoms with Crippen LogP contribution in [0.2, 0.25) is 0 Å². The molecular formula is C12H25N. The van der Waals surface area contributed by atoms with Gasteiger partial charge in [-0.1, -0.05) is 33.1 Å². The molecule has 1 heteroatoms. The third-order valence-corrected chi connectivity index (χ3v) is 3.57. The van der Waals surface area contributed by atoms with Crippen molar-refractivity contribution in [2.75, 3.05) is 6.54 Å². The van der Waals surface area contributed by atoms with Crippen molar-refractivity contribution in [1.29, 1.82) is 0 Å². The summed E-state index contributed by atoms with van der Waals surface area (Å²) in [6.45, 7) is 8.22. The standard InChI is InChI=1S/C12H25N/c1-4-11(3)13(5-2)12-9-7-6-8-10-12/h11-12H,4-10H2,1-3H3. The normalized spacial score (nSPS) is 22.2. The second kappa shape index (κ2) is 5.64. The van der Waals surface area contributed by atoms with Crippen molar-refractivity contribution in [2.45, 2.75) is 71.4 Å². The number of nitrogens with zero attached hydrogens (tertiary/aromatic N) is 1. The first-order valence-electron chi connectivity index (χ1n) is 6.05. The number of rotatable bonds is 4. The highest BCUT2D eigenvalue weighted by atomic mass is 15.2. The largest absolute Gasteiger partial charge is 0.298 e. The fourth-order valence-corrected chi connectivity index (χ4v) is 2.58. The van der Waals surface area contributed by atoms with Gasteiger partial charge in [0.15, 0.2) is 0 Å². The monoisotopic (exact) mass is 183 g/mol. The Labute approximate surface area is 83.5 Å². The van der Waals surface area contributed by atoms with Crippen molar-refractivity contribution >= 4 is 0 Å². The summed E-state index contributed by atoms with van der Waals surface area (Å²) >= 11 is 0. The summed E-state index contributed by atoms with van der Waals surface area (Å²) in [5.74, 6) is 0. The van der Waals surface area contributed by atoms with E-state index in [9.17, 15) is 0 Å². The number of hydrogen-bond acceptors (Lipinski definition) is 1. The first kappa shape index (κ1) is 11.0. The van der Waals surface area contributed by atoms with Crippen LogP contribution in [0.15, 0.2) is 0 Å². The Bertz CT molecular complexity index is 127. The molecule has 0 bridgehead atoms. The van der Waals surface area contributed by atoms with Crippen LogP contribution in [0.3, 0.4) is 0 Å². The van der Waals surface area contributed by atoms with Crippen LogP contribution in [0.4, 0.5) is 0 Å². The molecule has 1 rings (SSSR count). The van der Waals surface area contributed by atoms with Gasteiger partial charge in [-0.15, -0.1) is 0 Å². The first-order chi connectivity index (χ1) is 6.29. The predicted octanol–water partition coefficient (Wildman–Crippen LogP) is 3.44. The summed E-state index contributed by atoms with van der Waals surface area (Å²) in [5.41, 5.74) is 0. The van der Waals surface area contributed by atoms with Crippen LogP contribution in [-0.4, -0.2) is 23.5 Å². The smallest absolute Gasteiger partial charge is 0.00979 e. The SMILES string of the molecule is CCC(C)N(CC)C1CCCCC1. The third kappa shape index (κ3) is 2.98. The summed E-state index contributed by atoms with van der Waals surface area (Å²) in [6.07, 6.45) is 8.56. The summed E-state index contributed by atoms with van der Waals surface area (Å²) in [4.78, 5) is 2.71. The van der Waals surface area contributed by atoms with Crippen molar-refractivity contribution in [1.82, 2.24) is 4.90 Å². The summed E-state index contributed by atoms with van der Waals surface area (Å²) in [6, 6.07) is 1.68. The molecule has 0 aromatic heterocycles. The van der Waals surface area contributed by atoms with E-state index < -0.39 is 0 Å². The lowest BCUT2D eigenvalue weighted by Crippen LogP contribution is -2.42. The highest BCUT2D eigenvalue weighted by Crippen LogP contribution is 2.24. The van der Waals surface area contributed by atoms with Gasteiger partial charge in [0.05, 0.1) is 0 Å². The van der Waals surface area contributed by atoms with Gasteiger partial charge >= 0.3 is 0 Å². The predicted molar refractivity (Wildman–Crippen MR) is 59.0 cm³/mol. The number of hydrogen-bond donors (Lipinski definition) is 0. The average Bonchev–Trinajstić information content (AvgIpc) is 2.20. The fourth-order valence-electron chi connectivity index (χ4n) is 2.58.